The molecular formula is C15H12N2O2. The zero-order valence-corrected chi connectivity index (χ0v) is 10.2. The number of carbonyl (C=O) groups is 2. The highest BCUT2D eigenvalue weighted by Crippen LogP contribution is 2.32. The Kier molecular flexibility index (Phi) is 2.83. The van der Waals surface area contributed by atoms with Crippen LogP contribution < -0.4 is 4.90 Å². The van der Waals surface area contributed by atoms with Gasteiger partial charge in [-0.25, -0.2) is 4.90 Å². The van der Waals surface area contributed by atoms with Crippen LogP contribution in [-0.2, 0) is 9.59 Å². The number of rotatable bonds is 2. The highest BCUT2D eigenvalue weighted by molar-refractivity contribution is 6.22. The van der Waals surface area contributed by atoms with Crippen LogP contribution in [0.15, 0.2) is 54.9 Å². The Bertz CT molecular complexity index is 611. The van der Waals surface area contributed by atoms with E-state index in [0.29, 0.717) is 5.69 Å². The lowest BCUT2D eigenvalue weighted by atomic mass is 9.98. The second kappa shape index (κ2) is 4.65. The molecule has 2 amide bonds. The van der Waals surface area contributed by atoms with Crippen molar-refractivity contribution in [3.63, 3.8) is 0 Å². The van der Waals surface area contributed by atoms with E-state index in [1.165, 1.54) is 4.90 Å². The van der Waals surface area contributed by atoms with Gasteiger partial charge >= 0.3 is 0 Å². The average molecular weight is 252 g/mol. The van der Waals surface area contributed by atoms with Gasteiger partial charge < -0.3 is 0 Å². The second-order valence-electron chi connectivity index (χ2n) is 4.44. The molecule has 2 aromatic rings. The first kappa shape index (κ1) is 11.6. The molecule has 0 N–H and O–H groups in total. The van der Waals surface area contributed by atoms with Crippen LogP contribution in [0.1, 0.15) is 17.9 Å². The molecule has 1 aromatic carbocycles. The molecule has 1 fully saturated rings. The van der Waals surface area contributed by atoms with E-state index in [1.807, 2.05) is 30.3 Å². The third-order valence-corrected chi connectivity index (χ3v) is 3.27. The van der Waals surface area contributed by atoms with Crippen molar-refractivity contribution < 1.29 is 9.59 Å². The summed E-state index contributed by atoms with van der Waals surface area (Å²) in [6.07, 6.45) is 3.38. The summed E-state index contributed by atoms with van der Waals surface area (Å²) in [6, 6.07) is 12.7. The lowest BCUT2D eigenvalue weighted by molar-refractivity contribution is -0.121. The van der Waals surface area contributed by atoms with Crippen molar-refractivity contribution in [2.45, 2.75) is 12.3 Å². The van der Waals surface area contributed by atoms with Gasteiger partial charge in [0.25, 0.3) is 0 Å². The number of hydrogen-bond donors (Lipinski definition) is 0. The molecule has 19 heavy (non-hydrogen) atoms. The number of benzene rings is 1. The van der Waals surface area contributed by atoms with Gasteiger partial charge in [0, 0.05) is 18.8 Å². The molecule has 1 aliphatic heterocycles. The quantitative estimate of drug-likeness (QED) is 0.769. The average Bonchev–Trinajstić information content (AvgIpc) is 2.76. The first-order valence-corrected chi connectivity index (χ1v) is 6.09. The third kappa shape index (κ3) is 2.01. The van der Waals surface area contributed by atoms with Crippen LogP contribution in [0.3, 0.4) is 0 Å². The number of nitrogens with zero attached hydrogens (tertiary/aromatic N) is 2. The largest absolute Gasteiger partial charge is 0.274 e. The molecular weight excluding hydrogens is 240 g/mol. The third-order valence-electron chi connectivity index (χ3n) is 3.27. The summed E-state index contributed by atoms with van der Waals surface area (Å²) in [5.41, 5.74) is 1.47. The lowest BCUT2D eigenvalue weighted by Gasteiger charge is -2.14. The van der Waals surface area contributed by atoms with Crippen molar-refractivity contribution in [3.8, 4) is 0 Å². The summed E-state index contributed by atoms with van der Waals surface area (Å²) >= 11 is 0. The van der Waals surface area contributed by atoms with Gasteiger partial charge in [0.1, 0.15) is 0 Å². The molecule has 1 aliphatic rings. The van der Waals surface area contributed by atoms with E-state index in [-0.39, 0.29) is 24.2 Å². The Hall–Kier alpha value is -2.49. The van der Waals surface area contributed by atoms with Crippen LogP contribution >= 0.6 is 0 Å². The van der Waals surface area contributed by atoms with Crippen molar-refractivity contribution in [1.29, 1.82) is 0 Å². The molecule has 1 aromatic heterocycles. The number of hydrogen-bond acceptors (Lipinski definition) is 3. The Labute approximate surface area is 110 Å². The minimum Gasteiger partial charge on any atom is -0.274 e. The van der Waals surface area contributed by atoms with Crippen LogP contribution in [0.25, 0.3) is 0 Å². The smallest absolute Gasteiger partial charge is 0.241 e. The lowest BCUT2D eigenvalue weighted by Crippen LogP contribution is -2.29. The Morgan fingerprint density at radius 2 is 1.68 bits per heavy atom. The number of pyridine rings is 1. The SMILES string of the molecule is O=C1CC(c2ccccc2)C(=O)N1c1ccncc1. The fraction of sp³-hybridized carbons (Fsp3) is 0.133. The summed E-state index contributed by atoms with van der Waals surface area (Å²) in [7, 11) is 0. The molecule has 0 spiro atoms. The van der Waals surface area contributed by atoms with E-state index in [0.717, 1.165) is 5.56 Å². The second-order valence-corrected chi connectivity index (χ2v) is 4.44. The Morgan fingerprint density at radius 1 is 1.00 bits per heavy atom. The van der Waals surface area contributed by atoms with E-state index in [4.69, 9.17) is 0 Å². The van der Waals surface area contributed by atoms with Gasteiger partial charge in [-0.1, -0.05) is 30.3 Å². The van der Waals surface area contributed by atoms with Crippen molar-refractivity contribution >= 4 is 17.5 Å². The van der Waals surface area contributed by atoms with E-state index >= 15 is 0 Å². The number of anilines is 1. The van der Waals surface area contributed by atoms with Gasteiger partial charge in [-0.3, -0.25) is 14.6 Å². The molecule has 0 saturated carbocycles. The molecule has 0 bridgehead atoms. The molecule has 2 heterocycles. The minimum absolute atomic E-state index is 0.162. The van der Waals surface area contributed by atoms with E-state index < -0.39 is 0 Å². The fourth-order valence-electron chi connectivity index (χ4n) is 2.34. The number of amides is 2. The van der Waals surface area contributed by atoms with Crippen LogP contribution in [0.4, 0.5) is 5.69 Å². The number of imide groups is 1. The maximum absolute atomic E-state index is 12.4. The highest BCUT2D eigenvalue weighted by atomic mass is 16.2. The summed E-state index contributed by atoms with van der Waals surface area (Å²) in [5.74, 6) is -0.700. The van der Waals surface area contributed by atoms with Crippen molar-refractivity contribution in [2.75, 3.05) is 4.90 Å². The molecule has 3 rings (SSSR count). The van der Waals surface area contributed by atoms with Crippen molar-refractivity contribution in [2.24, 2.45) is 0 Å². The maximum atomic E-state index is 12.4. The Balaban J connectivity index is 1.94. The van der Waals surface area contributed by atoms with E-state index in [2.05, 4.69) is 4.98 Å². The van der Waals surface area contributed by atoms with Crippen LogP contribution in [0, 0.1) is 0 Å². The fourth-order valence-corrected chi connectivity index (χ4v) is 2.34. The maximum Gasteiger partial charge on any atom is 0.241 e. The predicted molar refractivity (Wildman–Crippen MR) is 70.5 cm³/mol. The molecule has 0 radical (unpaired) electrons. The van der Waals surface area contributed by atoms with Gasteiger partial charge in [0.05, 0.1) is 11.6 Å². The Morgan fingerprint density at radius 3 is 2.37 bits per heavy atom. The zero-order chi connectivity index (χ0) is 13.2. The summed E-state index contributed by atoms with van der Waals surface area (Å²) in [5, 5.41) is 0. The topological polar surface area (TPSA) is 50.3 Å². The van der Waals surface area contributed by atoms with Gasteiger partial charge in [0.15, 0.2) is 0 Å². The van der Waals surface area contributed by atoms with Crippen molar-refractivity contribution in [3.05, 3.63) is 60.4 Å². The molecule has 94 valence electrons. The summed E-state index contributed by atoms with van der Waals surface area (Å²) < 4.78 is 0. The molecule has 0 aliphatic carbocycles. The summed E-state index contributed by atoms with van der Waals surface area (Å²) in [6.45, 7) is 0. The molecule has 4 nitrogen and oxygen atoms in total. The molecule has 4 heteroatoms. The number of carbonyl (C=O) groups excluding carboxylic acids is 2. The van der Waals surface area contributed by atoms with Gasteiger partial charge in [0.2, 0.25) is 11.8 Å². The monoisotopic (exact) mass is 252 g/mol. The van der Waals surface area contributed by atoms with Crippen LogP contribution in [-0.4, -0.2) is 16.8 Å². The van der Waals surface area contributed by atoms with E-state index in [9.17, 15) is 9.59 Å². The van der Waals surface area contributed by atoms with Crippen LogP contribution in [0.5, 0.6) is 0 Å². The first-order valence-electron chi connectivity index (χ1n) is 6.09. The summed E-state index contributed by atoms with van der Waals surface area (Å²) in [4.78, 5) is 29.6. The van der Waals surface area contributed by atoms with Gasteiger partial charge in [-0.2, -0.15) is 0 Å². The van der Waals surface area contributed by atoms with E-state index in [1.54, 1.807) is 24.5 Å². The standard InChI is InChI=1S/C15H12N2O2/c18-14-10-13(11-4-2-1-3-5-11)15(19)17(14)12-6-8-16-9-7-12/h1-9,13H,10H2. The predicted octanol–water partition coefficient (Wildman–Crippen LogP) is 2.13. The van der Waals surface area contributed by atoms with Crippen LogP contribution in [0.2, 0.25) is 0 Å². The molecule has 1 atom stereocenters. The van der Waals surface area contributed by atoms with Crippen molar-refractivity contribution in [1.82, 2.24) is 4.98 Å². The highest BCUT2D eigenvalue weighted by Gasteiger charge is 2.40. The van der Waals surface area contributed by atoms with Gasteiger partial charge in [-0.05, 0) is 17.7 Å². The number of aromatic nitrogens is 1. The molecule has 1 unspecified atom stereocenters. The molecule has 1 saturated heterocycles. The zero-order valence-electron chi connectivity index (χ0n) is 10.2. The normalized spacial score (nSPS) is 18.9. The van der Waals surface area contributed by atoms with Gasteiger partial charge in [-0.15, -0.1) is 0 Å². The first-order chi connectivity index (χ1) is 9.27. The minimum atomic E-state index is -0.373.